The highest BCUT2D eigenvalue weighted by Gasteiger charge is 2.38. The SMILES string of the molecule is CC(CN1CC(O)C(C)(C)C1)C(=N)N. The highest BCUT2D eigenvalue weighted by Crippen LogP contribution is 2.29. The molecule has 1 fully saturated rings. The number of nitrogens with one attached hydrogen (secondary N) is 1. The van der Waals surface area contributed by atoms with E-state index in [2.05, 4.69) is 18.7 Å². The van der Waals surface area contributed by atoms with Gasteiger partial charge in [0.15, 0.2) is 0 Å². The fourth-order valence-electron chi connectivity index (χ4n) is 1.86. The zero-order valence-electron chi connectivity index (χ0n) is 9.25. The van der Waals surface area contributed by atoms with Crippen molar-refractivity contribution in [2.24, 2.45) is 17.1 Å². The average molecular weight is 199 g/mol. The Hall–Kier alpha value is -0.610. The molecule has 0 amide bonds. The molecule has 0 radical (unpaired) electrons. The van der Waals surface area contributed by atoms with E-state index in [1.807, 2.05) is 6.92 Å². The Kier molecular flexibility index (Phi) is 3.17. The third-order valence-electron chi connectivity index (χ3n) is 3.03. The quantitative estimate of drug-likeness (QED) is 0.451. The van der Waals surface area contributed by atoms with Gasteiger partial charge in [-0.3, -0.25) is 10.3 Å². The molecule has 4 N–H and O–H groups in total. The molecule has 2 atom stereocenters. The van der Waals surface area contributed by atoms with Crippen molar-refractivity contribution < 1.29 is 5.11 Å². The lowest BCUT2D eigenvalue weighted by atomic mass is 9.90. The Labute approximate surface area is 85.6 Å². The first-order valence-electron chi connectivity index (χ1n) is 5.07. The normalized spacial score (nSPS) is 29.0. The number of nitrogens with two attached hydrogens (primary N) is 1. The molecule has 0 aromatic carbocycles. The first kappa shape index (κ1) is 11.5. The summed E-state index contributed by atoms with van der Waals surface area (Å²) in [6.45, 7) is 8.43. The zero-order valence-corrected chi connectivity index (χ0v) is 9.25. The fraction of sp³-hybridized carbons (Fsp3) is 0.900. The molecule has 2 unspecified atom stereocenters. The molecule has 1 heterocycles. The van der Waals surface area contributed by atoms with Crippen molar-refractivity contribution in [1.82, 2.24) is 4.90 Å². The molecule has 82 valence electrons. The number of aliphatic hydroxyl groups is 1. The van der Waals surface area contributed by atoms with Gasteiger partial charge < -0.3 is 10.8 Å². The Balaban J connectivity index is 2.47. The molecular weight excluding hydrogens is 178 g/mol. The van der Waals surface area contributed by atoms with Crippen LogP contribution in [0.15, 0.2) is 0 Å². The van der Waals surface area contributed by atoms with Crippen LogP contribution < -0.4 is 5.73 Å². The molecule has 0 saturated carbocycles. The van der Waals surface area contributed by atoms with Gasteiger partial charge in [-0.05, 0) is 0 Å². The van der Waals surface area contributed by atoms with Crippen molar-refractivity contribution in [3.05, 3.63) is 0 Å². The van der Waals surface area contributed by atoms with Crippen molar-refractivity contribution in [2.75, 3.05) is 19.6 Å². The predicted molar refractivity (Wildman–Crippen MR) is 57.3 cm³/mol. The lowest BCUT2D eigenvalue weighted by molar-refractivity contribution is 0.0955. The van der Waals surface area contributed by atoms with Gasteiger partial charge in [-0.1, -0.05) is 20.8 Å². The van der Waals surface area contributed by atoms with Gasteiger partial charge in [0.05, 0.1) is 11.9 Å². The highest BCUT2D eigenvalue weighted by atomic mass is 16.3. The van der Waals surface area contributed by atoms with E-state index in [-0.39, 0.29) is 23.3 Å². The van der Waals surface area contributed by atoms with E-state index in [4.69, 9.17) is 11.1 Å². The standard InChI is InChI=1S/C10H21N3O/c1-7(9(11)12)4-13-5-8(14)10(2,3)6-13/h7-8,14H,4-6H2,1-3H3,(H3,11,12). The molecule has 0 aromatic rings. The van der Waals surface area contributed by atoms with Crippen LogP contribution in [0.1, 0.15) is 20.8 Å². The molecule has 4 nitrogen and oxygen atoms in total. The predicted octanol–water partition coefficient (Wildman–Crippen LogP) is 0.261. The zero-order chi connectivity index (χ0) is 10.9. The van der Waals surface area contributed by atoms with Gasteiger partial charge in [0.25, 0.3) is 0 Å². The van der Waals surface area contributed by atoms with Gasteiger partial charge in [-0.25, -0.2) is 0 Å². The van der Waals surface area contributed by atoms with E-state index in [1.165, 1.54) is 0 Å². The summed E-state index contributed by atoms with van der Waals surface area (Å²) in [4.78, 5) is 2.18. The fourth-order valence-corrected chi connectivity index (χ4v) is 1.86. The van der Waals surface area contributed by atoms with E-state index in [0.29, 0.717) is 6.54 Å². The Morgan fingerprint density at radius 1 is 1.71 bits per heavy atom. The number of amidine groups is 1. The average Bonchev–Trinajstić information content (AvgIpc) is 2.25. The summed E-state index contributed by atoms with van der Waals surface area (Å²) in [5, 5.41) is 17.1. The Bertz CT molecular complexity index is 227. The van der Waals surface area contributed by atoms with Gasteiger partial charge in [0.1, 0.15) is 0 Å². The van der Waals surface area contributed by atoms with E-state index < -0.39 is 0 Å². The van der Waals surface area contributed by atoms with Gasteiger partial charge in [0, 0.05) is 31.0 Å². The number of β-amino-alcohol motifs (C(OH)–C–C–N with tert-alkyl or cyclic N) is 1. The largest absolute Gasteiger partial charge is 0.391 e. The Morgan fingerprint density at radius 2 is 2.29 bits per heavy atom. The maximum atomic E-state index is 9.75. The Morgan fingerprint density at radius 3 is 2.64 bits per heavy atom. The number of rotatable bonds is 3. The van der Waals surface area contributed by atoms with Gasteiger partial charge in [-0.2, -0.15) is 0 Å². The number of aliphatic hydroxyl groups excluding tert-OH is 1. The van der Waals surface area contributed by atoms with Crippen LogP contribution in [-0.4, -0.2) is 41.6 Å². The first-order valence-corrected chi connectivity index (χ1v) is 5.07. The number of likely N-dealkylation sites (tertiary alicyclic amines) is 1. The van der Waals surface area contributed by atoms with Crippen molar-refractivity contribution in [1.29, 1.82) is 5.41 Å². The number of hydrogen-bond donors (Lipinski definition) is 3. The summed E-state index contributed by atoms with van der Waals surface area (Å²) in [6, 6.07) is 0. The number of nitrogens with zero attached hydrogens (tertiary/aromatic N) is 1. The summed E-state index contributed by atoms with van der Waals surface area (Å²) in [6.07, 6.45) is -0.262. The minimum Gasteiger partial charge on any atom is -0.391 e. The molecule has 0 spiro atoms. The van der Waals surface area contributed by atoms with Crippen LogP contribution in [0, 0.1) is 16.7 Å². The van der Waals surface area contributed by atoms with Crippen molar-refractivity contribution in [3.63, 3.8) is 0 Å². The highest BCUT2D eigenvalue weighted by molar-refractivity contribution is 5.79. The van der Waals surface area contributed by atoms with Crippen molar-refractivity contribution in [2.45, 2.75) is 26.9 Å². The lowest BCUT2D eigenvalue weighted by Crippen LogP contribution is -2.34. The van der Waals surface area contributed by atoms with Crippen LogP contribution in [0.3, 0.4) is 0 Å². The molecule has 0 bridgehead atoms. The van der Waals surface area contributed by atoms with Gasteiger partial charge >= 0.3 is 0 Å². The third kappa shape index (κ3) is 2.45. The molecule has 1 saturated heterocycles. The van der Waals surface area contributed by atoms with Crippen LogP contribution in [-0.2, 0) is 0 Å². The molecule has 0 aliphatic carbocycles. The van der Waals surface area contributed by atoms with Crippen LogP contribution in [0.25, 0.3) is 0 Å². The molecule has 0 aromatic heterocycles. The first-order chi connectivity index (χ1) is 6.33. The van der Waals surface area contributed by atoms with Crippen molar-refractivity contribution in [3.8, 4) is 0 Å². The van der Waals surface area contributed by atoms with Crippen LogP contribution >= 0.6 is 0 Å². The molecule has 1 aliphatic rings. The molecule has 1 aliphatic heterocycles. The van der Waals surface area contributed by atoms with E-state index in [1.54, 1.807) is 0 Å². The second-order valence-corrected chi connectivity index (χ2v) is 5.05. The molecule has 14 heavy (non-hydrogen) atoms. The van der Waals surface area contributed by atoms with Crippen LogP contribution in [0.4, 0.5) is 0 Å². The maximum Gasteiger partial charge on any atom is 0.0947 e. The topological polar surface area (TPSA) is 73.3 Å². The van der Waals surface area contributed by atoms with E-state index in [9.17, 15) is 5.11 Å². The van der Waals surface area contributed by atoms with Crippen molar-refractivity contribution >= 4 is 5.84 Å². The minimum absolute atomic E-state index is 0.0312. The van der Waals surface area contributed by atoms with Gasteiger partial charge in [0.2, 0.25) is 0 Å². The lowest BCUT2D eigenvalue weighted by Gasteiger charge is -2.22. The second kappa shape index (κ2) is 3.87. The maximum absolute atomic E-state index is 9.75. The summed E-state index contributed by atoms with van der Waals surface area (Å²) in [5.41, 5.74) is 5.38. The summed E-state index contributed by atoms with van der Waals surface area (Å²) < 4.78 is 0. The second-order valence-electron chi connectivity index (χ2n) is 5.05. The molecular formula is C10H21N3O. The smallest absolute Gasteiger partial charge is 0.0947 e. The van der Waals surface area contributed by atoms with E-state index >= 15 is 0 Å². The molecule has 1 rings (SSSR count). The summed E-state index contributed by atoms with van der Waals surface area (Å²) >= 11 is 0. The summed E-state index contributed by atoms with van der Waals surface area (Å²) in [7, 11) is 0. The number of hydrogen-bond acceptors (Lipinski definition) is 3. The van der Waals surface area contributed by atoms with E-state index in [0.717, 1.165) is 13.1 Å². The minimum atomic E-state index is -0.262. The van der Waals surface area contributed by atoms with Crippen LogP contribution in [0.5, 0.6) is 0 Å². The monoisotopic (exact) mass is 199 g/mol. The van der Waals surface area contributed by atoms with Crippen LogP contribution in [0.2, 0.25) is 0 Å². The third-order valence-corrected chi connectivity index (χ3v) is 3.03. The summed E-state index contributed by atoms with van der Waals surface area (Å²) in [5.74, 6) is 0.306. The molecule has 4 heteroatoms. The van der Waals surface area contributed by atoms with Gasteiger partial charge in [-0.15, -0.1) is 0 Å².